The van der Waals surface area contributed by atoms with Gasteiger partial charge in [-0.25, -0.2) is 0 Å². The largest absolute Gasteiger partial charge is 0.391 e. The van der Waals surface area contributed by atoms with Gasteiger partial charge in [-0.3, -0.25) is 10.1 Å². The van der Waals surface area contributed by atoms with Crippen molar-refractivity contribution in [1.29, 1.82) is 0 Å². The number of carbonyl (C=O) groups is 1. The van der Waals surface area contributed by atoms with Crippen LogP contribution in [0.2, 0.25) is 0 Å². The van der Waals surface area contributed by atoms with Crippen LogP contribution in [0.15, 0.2) is 0 Å². The molecule has 0 aliphatic carbocycles. The summed E-state index contributed by atoms with van der Waals surface area (Å²) in [6.45, 7) is 1.77. The third kappa shape index (κ3) is 3.05. The SMILES string of the molecule is C#CCNCC(=O)N1CCC(O)C1. The van der Waals surface area contributed by atoms with Crippen LogP contribution in [0.5, 0.6) is 0 Å². The molecule has 4 nitrogen and oxygen atoms in total. The lowest BCUT2D eigenvalue weighted by Crippen LogP contribution is -2.37. The molecule has 1 aliphatic rings. The second-order valence-corrected chi connectivity index (χ2v) is 3.09. The molecule has 0 aromatic carbocycles. The van der Waals surface area contributed by atoms with Gasteiger partial charge >= 0.3 is 0 Å². The number of rotatable bonds is 3. The number of hydrogen-bond donors (Lipinski definition) is 2. The van der Waals surface area contributed by atoms with E-state index >= 15 is 0 Å². The van der Waals surface area contributed by atoms with E-state index in [9.17, 15) is 9.90 Å². The summed E-state index contributed by atoms with van der Waals surface area (Å²) in [7, 11) is 0. The summed E-state index contributed by atoms with van der Waals surface area (Å²) in [6, 6.07) is 0. The van der Waals surface area contributed by atoms with E-state index < -0.39 is 0 Å². The van der Waals surface area contributed by atoms with Crippen molar-refractivity contribution in [2.24, 2.45) is 0 Å². The topological polar surface area (TPSA) is 52.6 Å². The highest BCUT2D eigenvalue weighted by molar-refractivity contribution is 5.78. The molecule has 1 rings (SSSR count). The Hall–Kier alpha value is -1.05. The van der Waals surface area contributed by atoms with Crippen LogP contribution in [0.4, 0.5) is 0 Å². The fourth-order valence-corrected chi connectivity index (χ4v) is 1.32. The molecule has 0 saturated carbocycles. The number of likely N-dealkylation sites (tertiary alicyclic amines) is 1. The predicted molar refractivity (Wildman–Crippen MR) is 48.9 cm³/mol. The summed E-state index contributed by atoms with van der Waals surface area (Å²) >= 11 is 0. The predicted octanol–water partition coefficient (Wildman–Crippen LogP) is -1.20. The Balaban J connectivity index is 2.21. The molecule has 1 saturated heterocycles. The summed E-state index contributed by atoms with van der Waals surface area (Å²) in [4.78, 5) is 13.0. The van der Waals surface area contributed by atoms with Gasteiger partial charge in [-0.1, -0.05) is 5.92 Å². The van der Waals surface area contributed by atoms with E-state index in [4.69, 9.17) is 6.42 Å². The third-order valence-electron chi connectivity index (χ3n) is 2.02. The lowest BCUT2D eigenvalue weighted by atomic mass is 10.3. The summed E-state index contributed by atoms with van der Waals surface area (Å²) in [5.74, 6) is 2.40. The van der Waals surface area contributed by atoms with Crippen molar-refractivity contribution in [3.63, 3.8) is 0 Å². The minimum Gasteiger partial charge on any atom is -0.391 e. The zero-order valence-corrected chi connectivity index (χ0v) is 7.49. The molecule has 0 bridgehead atoms. The minimum atomic E-state index is -0.350. The first-order valence-electron chi connectivity index (χ1n) is 4.34. The number of β-amino-alcohol motifs (C(OH)–C–C–N with tert-alkyl or cyclic N) is 1. The highest BCUT2D eigenvalue weighted by Crippen LogP contribution is 2.07. The van der Waals surface area contributed by atoms with E-state index in [-0.39, 0.29) is 18.6 Å². The Morgan fingerprint density at radius 1 is 1.77 bits per heavy atom. The fraction of sp³-hybridized carbons (Fsp3) is 0.667. The van der Waals surface area contributed by atoms with Crippen LogP contribution in [0.3, 0.4) is 0 Å². The first kappa shape index (κ1) is 10.0. The van der Waals surface area contributed by atoms with Gasteiger partial charge in [-0.15, -0.1) is 6.42 Å². The van der Waals surface area contributed by atoms with Gasteiger partial charge in [0.05, 0.1) is 19.2 Å². The van der Waals surface area contributed by atoms with Crippen LogP contribution in [-0.2, 0) is 4.79 Å². The second-order valence-electron chi connectivity index (χ2n) is 3.09. The van der Waals surface area contributed by atoms with Gasteiger partial charge in [0.1, 0.15) is 0 Å². The first-order valence-corrected chi connectivity index (χ1v) is 4.34. The van der Waals surface area contributed by atoms with Crippen LogP contribution in [0.25, 0.3) is 0 Å². The van der Waals surface area contributed by atoms with E-state index in [0.717, 1.165) is 0 Å². The molecule has 1 heterocycles. The van der Waals surface area contributed by atoms with Gasteiger partial charge in [0.2, 0.25) is 5.91 Å². The molecule has 0 aromatic heterocycles. The maximum atomic E-state index is 11.3. The number of nitrogens with zero attached hydrogens (tertiary/aromatic N) is 1. The van der Waals surface area contributed by atoms with Crippen molar-refractivity contribution in [2.45, 2.75) is 12.5 Å². The van der Waals surface area contributed by atoms with Crippen molar-refractivity contribution in [3.05, 3.63) is 0 Å². The zero-order valence-electron chi connectivity index (χ0n) is 7.49. The molecule has 13 heavy (non-hydrogen) atoms. The molecule has 1 amide bonds. The highest BCUT2D eigenvalue weighted by Gasteiger charge is 2.23. The van der Waals surface area contributed by atoms with Gasteiger partial charge in [0.15, 0.2) is 0 Å². The summed E-state index contributed by atoms with van der Waals surface area (Å²) < 4.78 is 0. The van der Waals surface area contributed by atoms with Gasteiger partial charge < -0.3 is 10.0 Å². The van der Waals surface area contributed by atoms with Crippen LogP contribution in [-0.4, -0.2) is 48.2 Å². The van der Waals surface area contributed by atoms with Gasteiger partial charge in [0, 0.05) is 13.1 Å². The molecule has 1 fully saturated rings. The van der Waals surface area contributed by atoms with Crippen molar-refractivity contribution >= 4 is 5.91 Å². The standard InChI is InChI=1S/C9H14N2O2/c1-2-4-10-6-9(13)11-5-3-8(12)7-11/h1,8,10,12H,3-7H2. The molecular formula is C9H14N2O2. The first-order chi connectivity index (χ1) is 6.24. The van der Waals surface area contributed by atoms with Crippen LogP contribution in [0, 0.1) is 12.3 Å². The van der Waals surface area contributed by atoms with Crippen molar-refractivity contribution < 1.29 is 9.90 Å². The van der Waals surface area contributed by atoms with Crippen LogP contribution in [0.1, 0.15) is 6.42 Å². The molecule has 0 radical (unpaired) electrons. The van der Waals surface area contributed by atoms with E-state index in [1.807, 2.05) is 0 Å². The minimum absolute atomic E-state index is 0.00630. The van der Waals surface area contributed by atoms with E-state index in [1.54, 1.807) is 4.90 Å². The Morgan fingerprint density at radius 3 is 3.08 bits per heavy atom. The number of aliphatic hydroxyl groups excluding tert-OH is 1. The van der Waals surface area contributed by atoms with E-state index in [0.29, 0.717) is 26.1 Å². The zero-order chi connectivity index (χ0) is 9.68. The number of hydrogen-bond acceptors (Lipinski definition) is 3. The van der Waals surface area contributed by atoms with Crippen molar-refractivity contribution in [2.75, 3.05) is 26.2 Å². The molecule has 1 unspecified atom stereocenters. The lowest BCUT2D eigenvalue weighted by molar-refractivity contribution is -0.129. The van der Waals surface area contributed by atoms with E-state index in [2.05, 4.69) is 11.2 Å². The number of nitrogens with one attached hydrogen (secondary N) is 1. The lowest BCUT2D eigenvalue weighted by Gasteiger charge is -2.14. The Bertz CT molecular complexity index is 222. The highest BCUT2D eigenvalue weighted by atomic mass is 16.3. The monoisotopic (exact) mass is 182 g/mol. The Morgan fingerprint density at radius 2 is 2.54 bits per heavy atom. The fourth-order valence-electron chi connectivity index (χ4n) is 1.32. The second kappa shape index (κ2) is 4.85. The average Bonchev–Trinajstić information content (AvgIpc) is 2.52. The maximum absolute atomic E-state index is 11.3. The molecule has 0 spiro atoms. The molecule has 4 heteroatoms. The quantitative estimate of drug-likeness (QED) is 0.426. The Labute approximate surface area is 77.9 Å². The average molecular weight is 182 g/mol. The van der Waals surface area contributed by atoms with Crippen LogP contribution >= 0.6 is 0 Å². The van der Waals surface area contributed by atoms with E-state index in [1.165, 1.54) is 0 Å². The normalized spacial score (nSPS) is 21.5. The van der Waals surface area contributed by atoms with Gasteiger partial charge in [-0.05, 0) is 6.42 Å². The number of amides is 1. The number of terminal acetylenes is 1. The summed E-state index contributed by atoms with van der Waals surface area (Å²) in [5, 5.41) is 12.0. The molecule has 72 valence electrons. The van der Waals surface area contributed by atoms with Crippen molar-refractivity contribution in [1.82, 2.24) is 10.2 Å². The third-order valence-corrected chi connectivity index (χ3v) is 2.02. The van der Waals surface area contributed by atoms with Gasteiger partial charge in [0.25, 0.3) is 0 Å². The summed E-state index contributed by atoms with van der Waals surface area (Å²) in [5.41, 5.74) is 0. The molecule has 2 N–H and O–H groups in total. The molecule has 0 aromatic rings. The molecule has 1 aliphatic heterocycles. The van der Waals surface area contributed by atoms with Crippen LogP contribution < -0.4 is 5.32 Å². The number of carbonyl (C=O) groups excluding carboxylic acids is 1. The maximum Gasteiger partial charge on any atom is 0.236 e. The van der Waals surface area contributed by atoms with Gasteiger partial charge in [-0.2, -0.15) is 0 Å². The molecule has 1 atom stereocenters. The van der Waals surface area contributed by atoms with Crippen molar-refractivity contribution in [3.8, 4) is 12.3 Å². The summed E-state index contributed by atoms with van der Waals surface area (Å²) in [6.07, 6.45) is 5.34. The molecular weight excluding hydrogens is 168 g/mol. The Kier molecular flexibility index (Phi) is 3.74. The number of aliphatic hydroxyl groups is 1. The smallest absolute Gasteiger partial charge is 0.236 e.